The van der Waals surface area contributed by atoms with Gasteiger partial charge in [-0.2, -0.15) is 9.40 Å². The Morgan fingerprint density at radius 1 is 0.933 bits per heavy atom. The van der Waals surface area contributed by atoms with Crippen LogP contribution in [0.5, 0.6) is 5.75 Å². The van der Waals surface area contributed by atoms with Gasteiger partial charge < -0.3 is 9.64 Å². The second-order valence-electron chi connectivity index (χ2n) is 7.11. The summed E-state index contributed by atoms with van der Waals surface area (Å²) in [5.41, 5.74) is 1.56. The molecule has 9 nitrogen and oxygen atoms in total. The summed E-state index contributed by atoms with van der Waals surface area (Å²) in [4.78, 5) is 2.37. The fraction of sp³-hybridized carbons (Fsp3) is 0.350. The first kappa shape index (κ1) is 20.3. The van der Waals surface area contributed by atoms with Crippen LogP contribution in [0.15, 0.2) is 47.6 Å². The van der Waals surface area contributed by atoms with Crippen LogP contribution in [-0.4, -0.2) is 66.0 Å². The molecule has 0 saturated carbocycles. The van der Waals surface area contributed by atoms with Gasteiger partial charge in [0.2, 0.25) is 10.0 Å². The van der Waals surface area contributed by atoms with Crippen molar-refractivity contribution in [2.75, 3.05) is 38.2 Å². The lowest BCUT2D eigenvalue weighted by Gasteiger charge is -2.34. The van der Waals surface area contributed by atoms with E-state index in [1.165, 1.54) is 4.31 Å². The molecule has 0 atom stereocenters. The largest absolute Gasteiger partial charge is 0.496 e. The van der Waals surface area contributed by atoms with Crippen molar-refractivity contribution >= 4 is 15.8 Å². The molecule has 30 heavy (non-hydrogen) atoms. The van der Waals surface area contributed by atoms with Crippen LogP contribution >= 0.6 is 0 Å². The maximum absolute atomic E-state index is 13.2. The van der Waals surface area contributed by atoms with Crippen LogP contribution in [0, 0.1) is 13.8 Å². The maximum Gasteiger partial charge on any atom is 0.243 e. The van der Waals surface area contributed by atoms with E-state index in [-0.39, 0.29) is 0 Å². The summed E-state index contributed by atoms with van der Waals surface area (Å²) in [6, 6.07) is 8.89. The van der Waals surface area contributed by atoms with E-state index in [1.807, 2.05) is 36.9 Å². The fourth-order valence-corrected chi connectivity index (χ4v) is 5.28. The van der Waals surface area contributed by atoms with Crippen molar-refractivity contribution in [3.63, 3.8) is 0 Å². The predicted octanol–water partition coefficient (Wildman–Crippen LogP) is 1.80. The minimum Gasteiger partial charge on any atom is -0.496 e. The van der Waals surface area contributed by atoms with E-state index in [4.69, 9.17) is 4.74 Å². The molecule has 0 amide bonds. The van der Waals surface area contributed by atoms with Crippen molar-refractivity contribution in [2.24, 2.45) is 0 Å². The molecule has 1 aliphatic heterocycles. The molecule has 0 radical (unpaired) electrons. The first-order chi connectivity index (χ1) is 14.4. The van der Waals surface area contributed by atoms with Gasteiger partial charge >= 0.3 is 0 Å². The number of nitrogens with zero attached hydrogens (tertiary/aromatic N) is 6. The van der Waals surface area contributed by atoms with Crippen LogP contribution in [0.4, 0.5) is 5.82 Å². The maximum atomic E-state index is 13.2. The van der Waals surface area contributed by atoms with Crippen LogP contribution in [-0.2, 0) is 10.0 Å². The summed E-state index contributed by atoms with van der Waals surface area (Å²) in [5, 5.41) is 12.6. The zero-order valence-corrected chi connectivity index (χ0v) is 18.0. The second kappa shape index (κ2) is 8.04. The quantitative estimate of drug-likeness (QED) is 0.612. The number of sulfonamides is 1. The highest BCUT2D eigenvalue weighted by Gasteiger charge is 2.30. The van der Waals surface area contributed by atoms with Crippen molar-refractivity contribution in [3.05, 3.63) is 53.9 Å². The molecule has 1 aromatic carbocycles. The SMILES string of the molecule is COc1ccc(S(=O)(=O)N2CCN(c3ccc(-n4cccn4)nn3)CC2)c(C)c1C. The minimum atomic E-state index is -3.58. The summed E-state index contributed by atoms with van der Waals surface area (Å²) < 4.78 is 34.9. The number of piperazine rings is 1. The second-order valence-corrected chi connectivity index (χ2v) is 9.01. The van der Waals surface area contributed by atoms with Crippen molar-refractivity contribution in [3.8, 4) is 11.6 Å². The van der Waals surface area contributed by atoms with Gasteiger partial charge in [-0.15, -0.1) is 10.2 Å². The molecule has 4 rings (SSSR count). The third-order valence-corrected chi connectivity index (χ3v) is 7.51. The van der Waals surface area contributed by atoms with E-state index in [0.29, 0.717) is 42.6 Å². The normalized spacial score (nSPS) is 15.4. The first-order valence-electron chi connectivity index (χ1n) is 9.65. The molecule has 1 fully saturated rings. The smallest absolute Gasteiger partial charge is 0.243 e. The van der Waals surface area contributed by atoms with Gasteiger partial charge in [-0.1, -0.05) is 0 Å². The molecule has 158 valence electrons. The molecule has 2 aromatic heterocycles. The molecular formula is C20H24N6O3S. The van der Waals surface area contributed by atoms with Gasteiger partial charge in [-0.25, -0.2) is 13.1 Å². The van der Waals surface area contributed by atoms with Crippen LogP contribution < -0.4 is 9.64 Å². The third kappa shape index (κ3) is 3.63. The third-order valence-electron chi connectivity index (χ3n) is 5.46. The van der Waals surface area contributed by atoms with Gasteiger partial charge in [0.15, 0.2) is 11.6 Å². The van der Waals surface area contributed by atoms with Gasteiger partial charge in [0.05, 0.1) is 12.0 Å². The van der Waals surface area contributed by atoms with Crippen molar-refractivity contribution < 1.29 is 13.2 Å². The lowest BCUT2D eigenvalue weighted by molar-refractivity contribution is 0.382. The summed E-state index contributed by atoms with van der Waals surface area (Å²) in [7, 11) is -2.00. The average molecular weight is 429 g/mol. The Labute approximate surface area is 176 Å². The summed E-state index contributed by atoms with van der Waals surface area (Å²) >= 11 is 0. The molecule has 0 spiro atoms. The van der Waals surface area contributed by atoms with Gasteiger partial charge in [-0.05, 0) is 55.3 Å². The zero-order valence-electron chi connectivity index (χ0n) is 17.2. The fourth-order valence-electron chi connectivity index (χ4n) is 3.58. The Morgan fingerprint density at radius 3 is 2.23 bits per heavy atom. The number of anilines is 1. The van der Waals surface area contributed by atoms with Gasteiger partial charge in [0.25, 0.3) is 0 Å². The Bertz CT molecular complexity index is 1120. The minimum absolute atomic E-state index is 0.331. The standard InChI is InChI=1S/C20H24N6O3S/c1-15-16(2)18(6-5-17(15)29-3)30(27,28)25-13-11-24(12-14-25)19-7-8-20(23-22-19)26-10-4-9-21-26/h4-10H,11-14H2,1-3H3. The van der Waals surface area contributed by atoms with Crippen LogP contribution in [0.25, 0.3) is 5.82 Å². The number of hydrogen-bond acceptors (Lipinski definition) is 7. The van der Waals surface area contributed by atoms with Gasteiger partial charge in [0, 0.05) is 38.6 Å². The molecule has 0 aliphatic carbocycles. The van der Waals surface area contributed by atoms with Crippen LogP contribution in [0.1, 0.15) is 11.1 Å². The van der Waals surface area contributed by atoms with Crippen molar-refractivity contribution in [2.45, 2.75) is 18.7 Å². The van der Waals surface area contributed by atoms with Crippen LogP contribution in [0.2, 0.25) is 0 Å². The van der Waals surface area contributed by atoms with E-state index in [1.54, 1.807) is 36.3 Å². The molecule has 3 heterocycles. The molecule has 0 unspecified atom stereocenters. The van der Waals surface area contributed by atoms with Gasteiger partial charge in [-0.3, -0.25) is 0 Å². The summed E-state index contributed by atoms with van der Waals surface area (Å²) in [6.07, 6.45) is 3.48. The average Bonchev–Trinajstić information content (AvgIpc) is 3.31. The Kier molecular flexibility index (Phi) is 5.44. The highest BCUT2D eigenvalue weighted by molar-refractivity contribution is 7.89. The Morgan fingerprint density at radius 2 is 1.63 bits per heavy atom. The number of benzene rings is 1. The van der Waals surface area contributed by atoms with Gasteiger partial charge in [0.1, 0.15) is 5.75 Å². The predicted molar refractivity (Wildman–Crippen MR) is 113 cm³/mol. The van der Waals surface area contributed by atoms with E-state index >= 15 is 0 Å². The number of hydrogen-bond donors (Lipinski definition) is 0. The lowest BCUT2D eigenvalue weighted by Crippen LogP contribution is -2.49. The van der Waals surface area contributed by atoms with E-state index in [2.05, 4.69) is 15.3 Å². The number of methoxy groups -OCH3 is 1. The molecular weight excluding hydrogens is 404 g/mol. The van der Waals surface area contributed by atoms with Crippen molar-refractivity contribution in [1.82, 2.24) is 24.3 Å². The lowest BCUT2D eigenvalue weighted by atomic mass is 10.1. The highest BCUT2D eigenvalue weighted by Crippen LogP contribution is 2.29. The number of ether oxygens (including phenoxy) is 1. The van der Waals surface area contributed by atoms with E-state index in [0.717, 1.165) is 16.9 Å². The summed E-state index contributed by atoms with van der Waals surface area (Å²) in [6.45, 7) is 5.55. The monoisotopic (exact) mass is 428 g/mol. The molecule has 0 bridgehead atoms. The van der Waals surface area contributed by atoms with E-state index < -0.39 is 10.0 Å². The molecule has 1 aliphatic rings. The van der Waals surface area contributed by atoms with Crippen LogP contribution in [0.3, 0.4) is 0 Å². The van der Waals surface area contributed by atoms with E-state index in [9.17, 15) is 8.42 Å². The molecule has 3 aromatic rings. The highest BCUT2D eigenvalue weighted by atomic mass is 32.2. The molecule has 1 saturated heterocycles. The topological polar surface area (TPSA) is 93.5 Å². The Hall–Kier alpha value is -2.98. The molecule has 0 N–H and O–H groups in total. The zero-order chi connectivity index (χ0) is 21.3. The number of rotatable bonds is 5. The molecule has 10 heteroatoms. The van der Waals surface area contributed by atoms with Crippen molar-refractivity contribution in [1.29, 1.82) is 0 Å². The Balaban J connectivity index is 1.47. The summed E-state index contributed by atoms with van der Waals surface area (Å²) in [5.74, 6) is 2.04. The first-order valence-corrected chi connectivity index (χ1v) is 11.1. The number of aromatic nitrogens is 4.